The summed E-state index contributed by atoms with van der Waals surface area (Å²) in [7, 11) is 0. The number of para-hydroxylation sites is 1. The molecular weight excluding hydrogens is 396 g/mol. The third-order valence-electron chi connectivity index (χ3n) is 4.83. The van der Waals surface area contributed by atoms with Crippen molar-refractivity contribution < 1.29 is 14.5 Å². The smallest absolute Gasteiger partial charge is 0.273 e. The van der Waals surface area contributed by atoms with Gasteiger partial charge in [-0.15, -0.1) is 0 Å². The summed E-state index contributed by atoms with van der Waals surface area (Å²) in [6.45, 7) is 3.80. The highest BCUT2D eigenvalue weighted by Gasteiger charge is 2.25. The van der Waals surface area contributed by atoms with Crippen LogP contribution in [0, 0.1) is 17.0 Å². The number of aryl methyl sites for hydroxylation is 1. The number of amides is 2. The Balaban J connectivity index is 1.54. The highest BCUT2D eigenvalue weighted by atomic mass is 35.5. The fraction of sp³-hybridized carbons (Fsp3) is 0.300. The summed E-state index contributed by atoms with van der Waals surface area (Å²) >= 11 is 6.05. The maximum absolute atomic E-state index is 12.7. The van der Waals surface area contributed by atoms with Crippen LogP contribution in [0.1, 0.15) is 15.9 Å². The highest BCUT2D eigenvalue weighted by molar-refractivity contribution is 6.33. The molecule has 0 spiro atoms. The molecule has 9 heteroatoms. The Labute approximate surface area is 173 Å². The summed E-state index contributed by atoms with van der Waals surface area (Å²) < 4.78 is 0. The Morgan fingerprint density at radius 3 is 2.48 bits per heavy atom. The molecule has 0 atom stereocenters. The lowest BCUT2D eigenvalue weighted by Gasteiger charge is -2.34. The maximum Gasteiger partial charge on any atom is 0.273 e. The van der Waals surface area contributed by atoms with E-state index in [9.17, 15) is 19.7 Å². The Kier molecular flexibility index (Phi) is 6.46. The van der Waals surface area contributed by atoms with Gasteiger partial charge in [-0.1, -0.05) is 29.8 Å². The van der Waals surface area contributed by atoms with Crippen molar-refractivity contribution in [3.05, 3.63) is 68.7 Å². The molecule has 2 aromatic carbocycles. The number of hydrogen-bond acceptors (Lipinski definition) is 5. The van der Waals surface area contributed by atoms with Gasteiger partial charge in [-0.2, -0.15) is 0 Å². The third-order valence-corrected chi connectivity index (χ3v) is 5.16. The fourth-order valence-electron chi connectivity index (χ4n) is 3.19. The number of nitrogens with one attached hydrogen (secondary N) is 1. The SMILES string of the molecule is Cc1ccc(C(=O)N2CCN(CC(=O)Nc3ccccc3Cl)CC2)cc1[N+](=O)[O-]. The minimum atomic E-state index is -0.484. The molecule has 3 rings (SSSR count). The zero-order chi connectivity index (χ0) is 21.0. The molecular formula is C20H21ClN4O4. The summed E-state index contributed by atoms with van der Waals surface area (Å²) in [6, 6.07) is 11.5. The zero-order valence-corrected chi connectivity index (χ0v) is 16.7. The summed E-state index contributed by atoms with van der Waals surface area (Å²) in [5, 5.41) is 14.4. The second-order valence-corrected chi connectivity index (χ2v) is 7.26. The minimum Gasteiger partial charge on any atom is -0.336 e. The first-order chi connectivity index (χ1) is 13.8. The van der Waals surface area contributed by atoms with Crippen LogP contribution < -0.4 is 5.32 Å². The van der Waals surface area contributed by atoms with Gasteiger partial charge in [0.25, 0.3) is 11.6 Å². The molecule has 1 aliphatic rings. The molecule has 0 aromatic heterocycles. The van der Waals surface area contributed by atoms with E-state index < -0.39 is 4.92 Å². The van der Waals surface area contributed by atoms with Crippen molar-refractivity contribution in [2.45, 2.75) is 6.92 Å². The van der Waals surface area contributed by atoms with Gasteiger partial charge in [0.2, 0.25) is 5.91 Å². The molecule has 29 heavy (non-hydrogen) atoms. The van der Waals surface area contributed by atoms with Crippen LogP contribution in [0.4, 0.5) is 11.4 Å². The van der Waals surface area contributed by atoms with Crippen molar-refractivity contribution in [2.24, 2.45) is 0 Å². The van der Waals surface area contributed by atoms with Crippen molar-refractivity contribution in [2.75, 3.05) is 38.0 Å². The maximum atomic E-state index is 12.7. The van der Waals surface area contributed by atoms with Crippen LogP contribution in [0.25, 0.3) is 0 Å². The molecule has 1 N–H and O–H groups in total. The second-order valence-electron chi connectivity index (χ2n) is 6.85. The van der Waals surface area contributed by atoms with Gasteiger partial charge in [0, 0.05) is 43.4 Å². The molecule has 1 saturated heterocycles. The minimum absolute atomic E-state index is 0.0641. The van der Waals surface area contributed by atoms with Gasteiger partial charge in [-0.25, -0.2) is 0 Å². The topological polar surface area (TPSA) is 95.8 Å². The van der Waals surface area contributed by atoms with Crippen LogP contribution in [0.5, 0.6) is 0 Å². The molecule has 0 radical (unpaired) electrons. The van der Waals surface area contributed by atoms with Gasteiger partial charge in [0.05, 0.1) is 22.2 Å². The summed E-state index contributed by atoms with van der Waals surface area (Å²) in [5.74, 6) is -0.416. The van der Waals surface area contributed by atoms with Gasteiger partial charge >= 0.3 is 0 Å². The summed E-state index contributed by atoms with van der Waals surface area (Å²) in [6.07, 6.45) is 0. The second kappa shape index (κ2) is 9.02. The lowest BCUT2D eigenvalue weighted by Crippen LogP contribution is -2.50. The van der Waals surface area contributed by atoms with E-state index in [1.807, 2.05) is 4.90 Å². The molecule has 2 aromatic rings. The zero-order valence-electron chi connectivity index (χ0n) is 15.9. The van der Waals surface area contributed by atoms with Crippen LogP contribution >= 0.6 is 11.6 Å². The van der Waals surface area contributed by atoms with Gasteiger partial charge < -0.3 is 10.2 Å². The van der Waals surface area contributed by atoms with E-state index in [2.05, 4.69) is 5.32 Å². The molecule has 1 fully saturated rings. The van der Waals surface area contributed by atoms with Crippen molar-refractivity contribution in [1.29, 1.82) is 0 Å². The Morgan fingerprint density at radius 1 is 1.14 bits per heavy atom. The van der Waals surface area contributed by atoms with Gasteiger partial charge in [0.1, 0.15) is 0 Å². The number of benzene rings is 2. The monoisotopic (exact) mass is 416 g/mol. The highest BCUT2D eigenvalue weighted by Crippen LogP contribution is 2.22. The van der Waals surface area contributed by atoms with Crippen molar-refractivity contribution in [3.8, 4) is 0 Å². The number of piperazine rings is 1. The van der Waals surface area contributed by atoms with Gasteiger partial charge in [-0.3, -0.25) is 24.6 Å². The molecule has 0 aliphatic carbocycles. The number of carbonyl (C=O) groups is 2. The van der Waals surface area contributed by atoms with Crippen LogP contribution in [-0.2, 0) is 4.79 Å². The first-order valence-corrected chi connectivity index (χ1v) is 9.54. The standard InChI is InChI=1S/C20H21ClN4O4/c1-14-6-7-15(12-18(14)25(28)29)20(27)24-10-8-23(9-11-24)13-19(26)22-17-5-3-2-4-16(17)21/h2-7,12H,8-11,13H2,1H3,(H,22,26). The number of carbonyl (C=O) groups excluding carboxylic acids is 2. The predicted molar refractivity (Wildman–Crippen MR) is 110 cm³/mol. The summed E-state index contributed by atoms with van der Waals surface area (Å²) in [4.78, 5) is 39.1. The average molecular weight is 417 g/mol. The molecule has 0 unspecified atom stereocenters. The Hall–Kier alpha value is -2.97. The van der Waals surface area contributed by atoms with Crippen molar-refractivity contribution in [3.63, 3.8) is 0 Å². The van der Waals surface area contributed by atoms with Crippen molar-refractivity contribution >= 4 is 34.8 Å². The number of nitro benzene ring substituents is 1. The molecule has 2 amide bonds. The first kappa shape index (κ1) is 20.8. The Bertz CT molecular complexity index is 942. The van der Waals surface area contributed by atoms with E-state index >= 15 is 0 Å². The average Bonchev–Trinajstić information content (AvgIpc) is 2.70. The predicted octanol–water partition coefficient (Wildman–Crippen LogP) is 2.95. The van der Waals surface area contributed by atoms with E-state index in [1.54, 1.807) is 48.2 Å². The molecule has 1 aliphatic heterocycles. The van der Waals surface area contributed by atoms with Gasteiger partial charge in [0.15, 0.2) is 0 Å². The molecule has 0 saturated carbocycles. The number of anilines is 1. The van der Waals surface area contributed by atoms with E-state index in [1.165, 1.54) is 6.07 Å². The van der Waals surface area contributed by atoms with Crippen molar-refractivity contribution in [1.82, 2.24) is 9.80 Å². The normalized spacial score (nSPS) is 14.5. The molecule has 152 valence electrons. The number of hydrogen-bond donors (Lipinski definition) is 1. The fourth-order valence-corrected chi connectivity index (χ4v) is 3.37. The summed E-state index contributed by atoms with van der Waals surface area (Å²) in [5.41, 5.74) is 1.31. The lowest BCUT2D eigenvalue weighted by molar-refractivity contribution is -0.385. The Morgan fingerprint density at radius 2 is 1.83 bits per heavy atom. The van der Waals surface area contributed by atoms with E-state index in [4.69, 9.17) is 11.6 Å². The van der Waals surface area contributed by atoms with Crippen LogP contribution in [-0.4, -0.2) is 59.3 Å². The van der Waals surface area contributed by atoms with E-state index in [0.717, 1.165) is 0 Å². The van der Waals surface area contributed by atoms with Gasteiger partial charge in [-0.05, 0) is 25.1 Å². The number of halogens is 1. The lowest BCUT2D eigenvalue weighted by atomic mass is 10.1. The number of nitrogens with zero attached hydrogens (tertiary/aromatic N) is 3. The molecule has 8 nitrogen and oxygen atoms in total. The van der Waals surface area contributed by atoms with Crippen LogP contribution in [0.15, 0.2) is 42.5 Å². The number of nitro groups is 1. The first-order valence-electron chi connectivity index (χ1n) is 9.16. The van der Waals surface area contributed by atoms with E-state index in [0.29, 0.717) is 48.0 Å². The number of rotatable bonds is 5. The molecule has 1 heterocycles. The van der Waals surface area contributed by atoms with E-state index in [-0.39, 0.29) is 24.0 Å². The molecule has 0 bridgehead atoms. The quantitative estimate of drug-likeness (QED) is 0.597. The third kappa shape index (κ3) is 5.10. The largest absolute Gasteiger partial charge is 0.336 e. The van der Waals surface area contributed by atoms with Crippen LogP contribution in [0.2, 0.25) is 5.02 Å². The van der Waals surface area contributed by atoms with Crippen LogP contribution in [0.3, 0.4) is 0 Å².